The minimum Gasteiger partial charge on any atom is -0.375 e. The first-order valence-electron chi connectivity index (χ1n) is 9.90. The van der Waals surface area contributed by atoms with E-state index in [2.05, 4.69) is 44.2 Å². The van der Waals surface area contributed by atoms with Gasteiger partial charge in [-0.3, -0.25) is 9.98 Å². The van der Waals surface area contributed by atoms with Crippen LogP contribution in [0.3, 0.4) is 0 Å². The van der Waals surface area contributed by atoms with Crippen molar-refractivity contribution in [2.75, 3.05) is 26.3 Å². The molecule has 0 bridgehead atoms. The lowest BCUT2D eigenvalue weighted by Crippen LogP contribution is -2.02. The third-order valence-electron chi connectivity index (χ3n) is 4.42. The van der Waals surface area contributed by atoms with Gasteiger partial charge in [-0.15, -0.1) is 0 Å². The number of imidazole rings is 2. The van der Waals surface area contributed by atoms with Crippen LogP contribution in [0.4, 0.5) is 0 Å². The van der Waals surface area contributed by atoms with Gasteiger partial charge >= 0.3 is 0 Å². The molecule has 0 spiro atoms. The molecule has 0 aliphatic rings. The summed E-state index contributed by atoms with van der Waals surface area (Å²) in [6, 6.07) is 8.26. The standard InChI is InChI=1S/C22H28N6O2/c1-27-11-7-25-21(27)15-23-9-13-29-17-19-3-5-20(6-4-19)18-30-14-10-24-16-22-26-8-12-28(22)2/h3-8,11-12,15-16H,9-10,13-14,17-18H2,1-2H3. The molecule has 8 heteroatoms. The Morgan fingerprint density at radius 3 is 1.57 bits per heavy atom. The second kappa shape index (κ2) is 11.8. The Morgan fingerprint density at radius 1 is 0.767 bits per heavy atom. The summed E-state index contributed by atoms with van der Waals surface area (Å²) < 4.78 is 15.2. The van der Waals surface area contributed by atoms with Gasteiger partial charge in [-0.2, -0.15) is 0 Å². The van der Waals surface area contributed by atoms with Crippen LogP contribution < -0.4 is 0 Å². The lowest BCUT2D eigenvalue weighted by Gasteiger charge is -2.06. The molecule has 0 aliphatic carbocycles. The largest absolute Gasteiger partial charge is 0.375 e. The van der Waals surface area contributed by atoms with E-state index in [4.69, 9.17) is 9.47 Å². The average molecular weight is 409 g/mol. The van der Waals surface area contributed by atoms with Gasteiger partial charge in [0.2, 0.25) is 0 Å². The number of aliphatic imine (C=N–C) groups is 2. The van der Waals surface area contributed by atoms with Crippen molar-refractivity contribution >= 4 is 12.4 Å². The number of hydrogen-bond acceptors (Lipinski definition) is 6. The van der Waals surface area contributed by atoms with Crippen LogP contribution in [0.25, 0.3) is 0 Å². The van der Waals surface area contributed by atoms with Gasteiger partial charge in [-0.25, -0.2) is 9.97 Å². The molecule has 0 amide bonds. The maximum atomic E-state index is 5.68. The molecule has 0 saturated carbocycles. The zero-order chi connectivity index (χ0) is 21.0. The summed E-state index contributed by atoms with van der Waals surface area (Å²) in [4.78, 5) is 17.0. The fourth-order valence-electron chi connectivity index (χ4n) is 2.64. The second-order valence-corrected chi connectivity index (χ2v) is 6.78. The predicted octanol–water partition coefficient (Wildman–Crippen LogP) is 2.42. The molecule has 0 radical (unpaired) electrons. The highest BCUT2D eigenvalue weighted by atomic mass is 16.5. The molecule has 2 aromatic heterocycles. The van der Waals surface area contributed by atoms with Crippen LogP contribution in [-0.2, 0) is 36.8 Å². The molecule has 158 valence electrons. The van der Waals surface area contributed by atoms with Gasteiger partial charge in [0, 0.05) is 38.9 Å². The van der Waals surface area contributed by atoms with E-state index in [1.54, 1.807) is 24.8 Å². The van der Waals surface area contributed by atoms with Crippen molar-refractivity contribution < 1.29 is 9.47 Å². The molecule has 0 aliphatic heterocycles. The number of ether oxygens (including phenoxy) is 2. The van der Waals surface area contributed by atoms with Gasteiger partial charge in [-0.05, 0) is 11.1 Å². The fraction of sp³-hybridized carbons (Fsp3) is 0.364. The normalized spacial score (nSPS) is 11.8. The molecular formula is C22H28N6O2. The molecule has 0 fully saturated rings. The van der Waals surface area contributed by atoms with Crippen LogP contribution in [0, 0.1) is 0 Å². The quantitative estimate of drug-likeness (QED) is 0.341. The fourth-order valence-corrected chi connectivity index (χ4v) is 2.64. The Labute approximate surface area is 176 Å². The first-order chi connectivity index (χ1) is 14.7. The Bertz CT molecular complexity index is 865. The van der Waals surface area contributed by atoms with Crippen molar-refractivity contribution in [2.45, 2.75) is 13.2 Å². The van der Waals surface area contributed by atoms with Crippen molar-refractivity contribution in [1.29, 1.82) is 0 Å². The third-order valence-corrected chi connectivity index (χ3v) is 4.42. The van der Waals surface area contributed by atoms with Crippen molar-refractivity contribution in [3.63, 3.8) is 0 Å². The maximum Gasteiger partial charge on any atom is 0.150 e. The zero-order valence-electron chi connectivity index (χ0n) is 17.5. The summed E-state index contributed by atoms with van der Waals surface area (Å²) in [5, 5.41) is 0. The SMILES string of the molecule is Cn1ccnc1C=NCCOCc1ccc(COCCN=Cc2nccn2C)cc1. The molecule has 1 aromatic carbocycles. The average Bonchev–Trinajstić information content (AvgIpc) is 3.36. The van der Waals surface area contributed by atoms with E-state index in [9.17, 15) is 0 Å². The van der Waals surface area contributed by atoms with E-state index in [0.29, 0.717) is 39.5 Å². The number of aryl methyl sites for hydroxylation is 2. The van der Waals surface area contributed by atoms with Crippen molar-refractivity contribution in [2.24, 2.45) is 24.1 Å². The summed E-state index contributed by atoms with van der Waals surface area (Å²) in [5.74, 6) is 1.68. The van der Waals surface area contributed by atoms with Crippen LogP contribution >= 0.6 is 0 Å². The lowest BCUT2D eigenvalue weighted by atomic mass is 10.1. The predicted molar refractivity (Wildman–Crippen MR) is 117 cm³/mol. The monoisotopic (exact) mass is 408 g/mol. The molecule has 3 rings (SSSR count). The van der Waals surface area contributed by atoms with E-state index >= 15 is 0 Å². The van der Waals surface area contributed by atoms with E-state index in [-0.39, 0.29) is 0 Å². The first-order valence-corrected chi connectivity index (χ1v) is 9.90. The van der Waals surface area contributed by atoms with Crippen LogP contribution in [-0.4, -0.2) is 57.8 Å². The molecule has 3 aromatic rings. The van der Waals surface area contributed by atoms with E-state index in [0.717, 1.165) is 22.8 Å². The summed E-state index contributed by atoms with van der Waals surface area (Å²) >= 11 is 0. The van der Waals surface area contributed by atoms with Gasteiger partial charge < -0.3 is 18.6 Å². The summed E-state index contributed by atoms with van der Waals surface area (Å²) in [6.07, 6.45) is 10.8. The molecule has 0 atom stereocenters. The van der Waals surface area contributed by atoms with E-state index < -0.39 is 0 Å². The molecular weight excluding hydrogens is 380 g/mol. The summed E-state index contributed by atoms with van der Waals surface area (Å²) in [6.45, 7) is 3.51. The highest BCUT2D eigenvalue weighted by Crippen LogP contribution is 2.07. The van der Waals surface area contributed by atoms with Gasteiger partial charge in [0.25, 0.3) is 0 Å². The lowest BCUT2D eigenvalue weighted by molar-refractivity contribution is 0.126. The van der Waals surface area contributed by atoms with Gasteiger partial charge in [0.15, 0.2) is 0 Å². The van der Waals surface area contributed by atoms with Crippen molar-refractivity contribution in [3.05, 3.63) is 71.8 Å². The maximum absolute atomic E-state index is 5.68. The molecule has 8 nitrogen and oxygen atoms in total. The Balaban J connectivity index is 1.26. The van der Waals surface area contributed by atoms with Gasteiger partial charge in [0.05, 0.1) is 51.9 Å². The number of aromatic nitrogens is 4. The zero-order valence-corrected chi connectivity index (χ0v) is 17.5. The van der Waals surface area contributed by atoms with Crippen LogP contribution in [0.1, 0.15) is 22.8 Å². The summed E-state index contributed by atoms with van der Waals surface area (Å²) in [7, 11) is 3.88. The number of nitrogens with zero attached hydrogens (tertiary/aromatic N) is 6. The van der Waals surface area contributed by atoms with Crippen LogP contribution in [0.15, 0.2) is 59.0 Å². The van der Waals surface area contributed by atoms with Gasteiger partial charge in [-0.1, -0.05) is 24.3 Å². The topological polar surface area (TPSA) is 78.8 Å². The van der Waals surface area contributed by atoms with E-state index in [1.807, 2.05) is 35.6 Å². The second-order valence-electron chi connectivity index (χ2n) is 6.78. The number of benzene rings is 1. The van der Waals surface area contributed by atoms with Crippen LogP contribution in [0.5, 0.6) is 0 Å². The molecule has 30 heavy (non-hydrogen) atoms. The molecule has 0 saturated heterocycles. The molecule has 2 heterocycles. The van der Waals surface area contributed by atoms with E-state index in [1.165, 1.54) is 0 Å². The Hall–Kier alpha value is -3.10. The Morgan fingerprint density at radius 2 is 1.20 bits per heavy atom. The molecule has 0 N–H and O–H groups in total. The van der Waals surface area contributed by atoms with Gasteiger partial charge in [0.1, 0.15) is 11.6 Å². The molecule has 0 unspecified atom stereocenters. The number of rotatable bonds is 12. The van der Waals surface area contributed by atoms with Crippen LogP contribution in [0.2, 0.25) is 0 Å². The highest BCUT2D eigenvalue weighted by molar-refractivity contribution is 5.75. The summed E-state index contributed by atoms with van der Waals surface area (Å²) in [5.41, 5.74) is 2.26. The first kappa shape index (κ1) is 21.6. The van der Waals surface area contributed by atoms with Crippen molar-refractivity contribution in [1.82, 2.24) is 19.1 Å². The Kier molecular flexibility index (Phi) is 8.49. The number of hydrogen-bond donors (Lipinski definition) is 0. The third kappa shape index (κ3) is 7.06. The minimum absolute atomic E-state index is 0.570. The van der Waals surface area contributed by atoms with Crippen molar-refractivity contribution in [3.8, 4) is 0 Å². The minimum atomic E-state index is 0.570. The highest BCUT2D eigenvalue weighted by Gasteiger charge is 1.98. The smallest absolute Gasteiger partial charge is 0.150 e.